The van der Waals surface area contributed by atoms with Gasteiger partial charge in [0.2, 0.25) is 5.88 Å². The smallest absolute Gasteiger partial charge is 0.257 e. The third-order valence-corrected chi connectivity index (χ3v) is 4.64. The number of carbonyl (C=O) groups is 1. The van der Waals surface area contributed by atoms with Gasteiger partial charge in [-0.25, -0.2) is 4.98 Å². The van der Waals surface area contributed by atoms with Crippen molar-refractivity contribution in [2.75, 3.05) is 7.11 Å². The van der Waals surface area contributed by atoms with E-state index in [1.807, 2.05) is 6.07 Å². The Bertz CT molecular complexity index is 725. The first-order valence-electron chi connectivity index (χ1n) is 7.92. The number of benzene rings is 1. The molecule has 0 saturated heterocycles. The number of carbonyl (C=O) groups excluding carboxylic acids is 1. The molecule has 1 amide bonds. The Hall–Kier alpha value is -2.36. The third kappa shape index (κ3) is 2.93. The molecule has 1 atom stereocenters. The highest BCUT2D eigenvalue weighted by atomic mass is 16.5. The molecule has 2 aromatic rings. The molecule has 1 N–H and O–H groups in total. The summed E-state index contributed by atoms with van der Waals surface area (Å²) in [4.78, 5) is 16.7. The van der Waals surface area contributed by atoms with Crippen molar-refractivity contribution in [2.45, 2.75) is 38.1 Å². The summed E-state index contributed by atoms with van der Waals surface area (Å²) in [6.07, 6.45) is 3.59. The SMILES string of the molecule is COc1ncccc1C(=O)N[C@H]1CCC(C)(C)c2ccccc21. The maximum absolute atomic E-state index is 12.6. The lowest BCUT2D eigenvalue weighted by Crippen LogP contribution is -2.35. The maximum atomic E-state index is 12.6. The first-order valence-corrected chi connectivity index (χ1v) is 7.92. The average Bonchev–Trinajstić information content (AvgIpc) is 2.57. The van der Waals surface area contributed by atoms with Crippen LogP contribution in [0, 0.1) is 0 Å². The van der Waals surface area contributed by atoms with E-state index in [1.54, 1.807) is 18.3 Å². The Morgan fingerprint density at radius 1 is 1.26 bits per heavy atom. The largest absolute Gasteiger partial charge is 0.480 e. The van der Waals surface area contributed by atoms with Gasteiger partial charge in [-0.15, -0.1) is 0 Å². The van der Waals surface area contributed by atoms with Crippen LogP contribution in [0.4, 0.5) is 0 Å². The zero-order valence-electron chi connectivity index (χ0n) is 13.8. The lowest BCUT2D eigenvalue weighted by Gasteiger charge is -2.37. The Morgan fingerprint density at radius 3 is 2.83 bits per heavy atom. The first-order chi connectivity index (χ1) is 11.0. The van der Waals surface area contributed by atoms with E-state index in [1.165, 1.54) is 18.2 Å². The van der Waals surface area contributed by atoms with E-state index >= 15 is 0 Å². The normalized spacial score (nSPS) is 18.8. The first kappa shape index (κ1) is 15.5. The molecule has 0 unspecified atom stereocenters. The van der Waals surface area contributed by atoms with Crippen LogP contribution in [-0.4, -0.2) is 18.0 Å². The second kappa shape index (κ2) is 6.03. The number of methoxy groups -OCH3 is 1. The molecule has 1 aliphatic rings. The van der Waals surface area contributed by atoms with Crippen molar-refractivity contribution in [3.05, 3.63) is 59.3 Å². The van der Waals surface area contributed by atoms with Crippen molar-refractivity contribution in [3.63, 3.8) is 0 Å². The van der Waals surface area contributed by atoms with Crippen molar-refractivity contribution < 1.29 is 9.53 Å². The fourth-order valence-corrected chi connectivity index (χ4v) is 3.32. The minimum atomic E-state index is -0.144. The summed E-state index contributed by atoms with van der Waals surface area (Å²) < 4.78 is 5.19. The van der Waals surface area contributed by atoms with Gasteiger partial charge in [-0.2, -0.15) is 0 Å². The highest BCUT2D eigenvalue weighted by Crippen LogP contribution is 2.41. The number of nitrogens with one attached hydrogen (secondary N) is 1. The molecule has 3 rings (SSSR count). The van der Waals surface area contributed by atoms with Crippen molar-refractivity contribution in [1.29, 1.82) is 0 Å². The van der Waals surface area contributed by atoms with Crippen molar-refractivity contribution in [1.82, 2.24) is 10.3 Å². The van der Waals surface area contributed by atoms with E-state index < -0.39 is 0 Å². The molecule has 0 bridgehead atoms. The van der Waals surface area contributed by atoms with Gasteiger partial charge in [0.05, 0.1) is 13.2 Å². The number of hydrogen-bond donors (Lipinski definition) is 1. The standard InChI is InChI=1S/C19H22N2O2/c1-19(2)11-10-16(13-7-4-5-9-15(13)19)21-17(22)14-8-6-12-20-18(14)23-3/h4-9,12,16H,10-11H2,1-3H3,(H,21,22)/t16-/m0/s1. The quantitative estimate of drug-likeness (QED) is 0.942. The summed E-state index contributed by atoms with van der Waals surface area (Å²) in [5, 5.41) is 3.14. The molecule has 1 aromatic heterocycles. The molecule has 1 aliphatic carbocycles. The summed E-state index contributed by atoms with van der Waals surface area (Å²) in [7, 11) is 1.53. The molecule has 23 heavy (non-hydrogen) atoms. The molecule has 4 heteroatoms. The van der Waals surface area contributed by atoms with Crippen LogP contribution in [0.3, 0.4) is 0 Å². The number of amides is 1. The summed E-state index contributed by atoms with van der Waals surface area (Å²) >= 11 is 0. The molecule has 0 spiro atoms. The van der Waals surface area contributed by atoms with Gasteiger partial charge in [0, 0.05) is 6.20 Å². The number of rotatable bonds is 3. The van der Waals surface area contributed by atoms with Gasteiger partial charge in [0.1, 0.15) is 5.56 Å². The number of nitrogens with zero attached hydrogens (tertiary/aromatic N) is 1. The fraction of sp³-hybridized carbons (Fsp3) is 0.368. The van der Waals surface area contributed by atoms with Crippen LogP contribution in [0.15, 0.2) is 42.6 Å². The fourth-order valence-electron chi connectivity index (χ4n) is 3.32. The predicted octanol–water partition coefficient (Wildman–Crippen LogP) is 3.63. The molecule has 4 nitrogen and oxygen atoms in total. The number of pyridine rings is 1. The van der Waals surface area contributed by atoms with Crippen LogP contribution in [0.5, 0.6) is 5.88 Å². The Balaban J connectivity index is 1.88. The van der Waals surface area contributed by atoms with E-state index in [9.17, 15) is 4.79 Å². The van der Waals surface area contributed by atoms with Gasteiger partial charge < -0.3 is 10.1 Å². The Labute approximate surface area is 136 Å². The maximum Gasteiger partial charge on any atom is 0.257 e. The molecule has 1 heterocycles. The van der Waals surface area contributed by atoms with Crippen LogP contribution in [0.2, 0.25) is 0 Å². The van der Waals surface area contributed by atoms with Crippen LogP contribution < -0.4 is 10.1 Å². The van der Waals surface area contributed by atoms with Gasteiger partial charge in [-0.3, -0.25) is 4.79 Å². The zero-order chi connectivity index (χ0) is 16.4. The van der Waals surface area contributed by atoms with E-state index in [2.05, 4.69) is 42.3 Å². The van der Waals surface area contributed by atoms with Crippen LogP contribution in [0.1, 0.15) is 54.2 Å². The van der Waals surface area contributed by atoms with Crippen LogP contribution >= 0.6 is 0 Å². The second-order valence-electron chi connectivity index (χ2n) is 6.60. The molecule has 0 radical (unpaired) electrons. The van der Waals surface area contributed by atoms with E-state index in [-0.39, 0.29) is 17.4 Å². The van der Waals surface area contributed by atoms with E-state index in [0.29, 0.717) is 11.4 Å². The Morgan fingerprint density at radius 2 is 2.04 bits per heavy atom. The number of ether oxygens (including phenoxy) is 1. The average molecular weight is 310 g/mol. The monoisotopic (exact) mass is 310 g/mol. The van der Waals surface area contributed by atoms with E-state index in [0.717, 1.165) is 12.8 Å². The Kier molecular flexibility index (Phi) is 4.07. The van der Waals surface area contributed by atoms with Crippen LogP contribution in [-0.2, 0) is 5.41 Å². The lowest BCUT2D eigenvalue weighted by molar-refractivity contribution is 0.0925. The minimum absolute atomic E-state index is 0.0247. The topological polar surface area (TPSA) is 51.2 Å². The molecule has 120 valence electrons. The highest BCUT2D eigenvalue weighted by Gasteiger charge is 2.33. The predicted molar refractivity (Wildman–Crippen MR) is 89.7 cm³/mol. The summed E-state index contributed by atoms with van der Waals surface area (Å²) in [5.74, 6) is 0.212. The molecular formula is C19H22N2O2. The summed E-state index contributed by atoms with van der Waals surface area (Å²) in [6.45, 7) is 4.52. The second-order valence-corrected chi connectivity index (χ2v) is 6.60. The van der Waals surface area contributed by atoms with Gasteiger partial charge in [0.25, 0.3) is 5.91 Å². The molecular weight excluding hydrogens is 288 g/mol. The van der Waals surface area contributed by atoms with Gasteiger partial charge in [-0.1, -0.05) is 38.1 Å². The minimum Gasteiger partial charge on any atom is -0.480 e. The van der Waals surface area contributed by atoms with Crippen molar-refractivity contribution >= 4 is 5.91 Å². The van der Waals surface area contributed by atoms with Gasteiger partial charge in [-0.05, 0) is 41.5 Å². The highest BCUT2D eigenvalue weighted by molar-refractivity contribution is 5.96. The number of aromatic nitrogens is 1. The summed E-state index contributed by atoms with van der Waals surface area (Å²) in [6, 6.07) is 11.9. The molecule has 1 aromatic carbocycles. The molecule has 0 saturated carbocycles. The summed E-state index contributed by atoms with van der Waals surface area (Å²) in [5.41, 5.74) is 3.14. The molecule has 0 fully saturated rings. The number of fused-ring (bicyclic) bond motifs is 1. The number of hydrogen-bond acceptors (Lipinski definition) is 3. The third-order valence-electron chi connectivity index (χ3n) is 4.64. The van der Waals surface area contributed by atoms with E-state index in [4.69, 9.17) is 4.74 Å². The van der Waals surface area contributed by atoms with Gasteiger partial charge >= 0.3 is 0 Å². The van der Waals surface area contributed by atoms with Crippen molar-refractivity contribution in [2.24, 2.45) is 0 Å². The molecule has 0 aliphatic heterocycles. The van der Waals surface area contributed by atoms with Crippen LogP contribution in [0.25, 0.3) is 0 Å². The van der Waals surface area contributed by atoms with Gasteiger partial charge in [0.15, 0.2) is 0 Å². The van der Waals surface area contributed by atoms with Crippen molar-refractivity contribution in [3.8, 4) is 5.88 Å². The lowest BCUT2D eigenvalue weighted by atomic mass is 9.71. The zero-order valence-corrected chi connectivity index (χ0v) is 13.8.